The van der Waals surface area contributed by atoms with Crippen LogP contribution in [0.5, 0.6) is 5.75 Å². The van der Waals surface area contributed by atoms with Crippen LogP contribution in [0, 0.1) is 5.82 Å². The summed E-state index contributed by atoms with van der Waals surface area (Å²) in [4.78, 5) is 0. The normalized spacial score (nSPS) is 12.5. The van der Waals surface area contributed by atoms with Gasteiger partial charge in [-0.1, -0.05) is 26.3 Å². The molecule has 0 aliphatic heterocycles. The highest BCUT2D eigenvalue weighted by Gasteiger charge is 2.07. The van der Waals surface area contributed by atoms with Crippen LogP contribution in [0.2, 0.25) is 0 Å². The van der Waals surface area contributed by atoms with E-state index in [1.165, 1.54) is 6.07 Å². The molecule has 0 amide bonds. The summed E-state index contributed by atoms with van der Waals surface area (Å²) in [6.07, 6.45) is 3.60. The van der Waals surface area contributed by atoms with Gasteiger partial charge >= 0.3 is 0 Å². The topological polar surface area (TPSA) is 35.2 Å². The van der Waals surface area contributed by atoms with Gasteiger partial charge in [0.1, 0.15) is 0 Å². The number of hydrogen-bond acceptors (Lipinski definition) is 2. The average Bonchev–Trinajstić information content (AvgIpc) is 2.32. The first kappa shape index (κ1) is 14.0. The molecule has 17 heavy (non-hydrogen) atoms. The van der Waals surface area contributed by atoms with Gasteiger partial charge in [0.2, 0.25) is 0 Å². The summed E-state index contributed by atoms with van der Waals surface area (Å²) < 4.78 is 19.0. The first-order valence-electron chi connectivity index (χ1n) is 6.34. The highest BCUT2D eigenvalue weighted by atomic mass is 19.1. The summed E-state index contributed by atoms with van der Waals surface area (Å²) in [5, 5.41) is 0. The molecule has 0 bridgehead atoms. The lowest BCUT2D eigenvalue weighted by Crippen LogP contribution is -2.21. The van der Waals surface area contributed by atoms with E-state index >= 15 is 0 Å². The van der Waals surface area contributed by atoms with E-state index in [0.29, 0.717) is 18.8 Å². The van der Waals surface area contributed by atoms with Gasteiger partial charge in [-0.3, -0.25) is 0 Å². The smallest absolute Gasteiger partial charge is 0.165 e. The number of unbranched alkanes of at least 4 members (excludes halogenated alkanes) is 1. The monoisotopic (exact) mass is 239 g/mol. The number of hydrogen-bond donors (Lipinski definition) is 1. The third-order valence-electron chi connectivity index (χ3n) is 2.77. The Hall–Kier alpha value is -1.09. The Labute approximate surface area is 103 Å². The van der Waals surface area contributed by atoms with E-state index in [1.54, 1.807) is 6.07 Å². The molecule has 0 saturated heterocycles. The van der Waals surface area contributed by atoms with Crippen molar-refractivity contribution in [1.82, 2.24) is 0 Å². The second-order valence-corrected chi connectivity index (χ2v) is 4.34. The molecule has 1 aromatic rings. The quantitative estimate of drug-likeness (QED) is 0.741. The second kappa shape index (κ2) is 7.28. The number of ether oxygens (including phenoxy) is 1. The zero-order chi connectivity index (χ0) is 12.7. The van der Waals surface area contributed by atoms with Gasteiger partial charge in [0, 0.05) is 6.04 Å². The van der Waals surface area contributed by atoms with Crippen LogP contribution in [-0.2, 0) is 6.42 Å². The zero-order valence-corrected chi connectivity index (χ0v) is 10.7. The lowest BCUT2D eigenvalue weighted by molar-refractivity contribution is 0.294. The molecule has 0 fully saturated rings. The summed E-state index contributed by atoms with van der Waals surface area (Å²) in [6.45, 7) is 4.68. The molecule has 0 aliphatic carbocycles. The van der Waals surface area contributed by atoms with E-state index in [9.17, 15) is 4.39 Å². The molecular formula is C14H22FNO. The molecule has 1 unspecified atom stereocenters. The number of nitrogens with two attached hydrogens (primary N) is 1. The molecule has 1 atom stereocenters. The number of rotatable bonds is 7. The maximum Gasteiger partial charge on any atom is 0.165 e. The number of halogens is 1. The van der Waals surface area contributed by atoms with Crippen LogP contribution < -0.4 is 10.5 Å². The molecule has 0 spiro atoms. The lowest BCUT2D eigenvalue weighted by atomic mass is 10.0. The van der Waals surface area contributed by atoms with Crippen molar-refractivity contribution in [3.05, 3.63) is 29.6 Å². The third kappa shape index (κ3) is 4.73. The summed E-state index contributed by atoms with van der Waals surface area (Å²) in [5.41, 5.74) is 6.77. The fourth-order valence-electron chi connectivity index (χ4n) is 1.56. The Balaban J connectivity index is 2.59. The largest absolute Gasteiger partial charge is 0.491 e. The summed E-state index contributed by atoms with van der Waals surface area (Å²) in [5.74, 6) is 0.0502. The van der Waals surface area contributed by atoms with Gasteiger partial charge in [0.25, 0.3) is 0 Å². The second-order valence-electron chi connectivity index (χ2n) is 4.34. The molecule has 2 N–H and O–H groups in total. The highest BCUT2D eigenvalue weighted by Crippen LogP contribution is 2.19. The van der Waals surface area contributed by atoms with Gasteiger partial charge in [0.05, 0.1) is 6.61 Å². The summed E-state index contributed by atoms with van der Waals surface area (Å²) >= 11 is 0. The third-order valence-corrected chi connectivity index (χ3v) is 2.77. The highest BCUT2D eigenvalue weighted by molar-refractivity contribution is 5.29. The minimum Gasteiger partial charge on any atom is -0.491 e. The maximum absolute atomic E-state index is 13.7. The predicted octanol–water partition coefficient (Wildman–Crippen LogP) is 3.28. The van der Waals surface area contributed by atoms with Crippen molar-refractivity contribution in [2.75, 3.05) is 6.61 Å². The van der Waals surface area contributed by atoms with Crippen LogP contribution in [0.15, 0.2) is 18.2 Å². The average molecular weight is 239 g/mol. The maximum atomic E-state index is 13.7. The molecule has 0 aromatic heterocycles. The van der Waals surface area contributed by atoms with Crippen LogP contribution >= 0.6 is 0 Å². The van der Waals surface area contributed by atoms with Crippen LogP contribution in [0.3, 0.4) is 0 Å². The molecule has 1 aromatic carbocycles. The van der Waals surface area contributed by atoms with Crippen molar-refractivity contribution in [2.24, 2.45) is 5.73 Å². The van der Waals surface area contributed by atoms with E-state index in [2.05, 4.69) is 6.92 Å². The Bertz CT molecular complexity index is 341. The zero-order valence-electron chi connectivity index (χ0n) is 10.7. The molecular weight excluding hydrogens is 217 g/mol. The van der Waals surface area contributed by atoms with Gasteiger partial charge in [-0.15, -0.1) is 0 Å². The Morgan fingerprint density at radius 2 is 2.12 bits per heavy atom. The van der Waals surface area contributed by atoms with Crippen LogP contribution in [0.1, 0.15) is 38.7 Å². The van der Waals surface area contributed by atoms with Crippen molar-refractivity contribution in [2.45, 2.75) is 45.6 Å². The fourth-order valence-corrected chi connectivity index (χ4v) is 1.56. The molecule has 96 valence electrons. The van der Waals surface area contributed by atoms with Gasteiger partial charge in [-0.25, -0.2) is 4.39 Å². The molecule has 3 heteroatoms. The van der Waals surface area contributed by atoms with Gasteiger partial charge in [-0.05, 0) is 37.0 Å². The van der Waals surface area contributed by atoms with Crippen LogP contribution in [-0.4, -0.2) is 12.6 Å². The van der Waals surface area contributed by atoms with Gasteiger partial charge in [-0.2, -0.15) is 0 Å². The predicted molar refractivity (Wildman–Crippen MR) is 68.8 cm³/mol. The molecule has 0 heterocycles. The van der Waals surface area contributed by atoms with Crippen molar-refractivity contribution in [1.29, 1.82) is 0 Å². The van der Waals surface area contributed by atoms with Gasteiger partial charge < -0.3 is 10.5 Å². The molecule has 1 rings (SSSR count). The minimum atomic E-state index is -0.290. The molecule has 2 nitrogen and oxygen atoms in total. The van der Waals surface area contributed by atoms with Crippen LogP contribution in [0.25, 0.3) is 0 Å². The van der Waals surface area contributed by atoms with E-state index < -0.39 is 0 Å². The van der Waals surface area contributed by atoms with E-state index in [4.69, 9.17) is 10.5 Å². The molecule has 0 saturated carbocycles. The standard InChI is InChI=1S/C14H22FNO/c1-3-5-8-17-14-7-6-11(10-13(14)15)9-12(16)4-2/h6-7,10,12H,3-5,8-9,16H2,1-2H3. The van der Waals surface area contributed by atoms with E-state index in [-0.39, 0.29) is 11.9 Å². The summed E-state index contributed by atoms with van der Waals surface area (Å²) in [7, 11) is 0. The Kier molecular flexibility index (Phi) is 5.98. The lowest BCUT2D eigenvalue weighted by Gasteiger charge is -2.11. The van der Waals surface area contributed by atoms with Crippen molar-refractivity contribution in [3.63, 3.8) is 0 Å². The van der Waals surface area contributed by atoms with E-state index in [1.807, 2.05) is 13.0 Å². The Morgan fingerprint density at radius 1 is 1.35 bits per heavy atom. The number of benzene rings is 1. The first-order valence-corrected chi connectivity index (χ1v) is 6.34. The van der Waals surface area contributed by atoms with Crippen LogP contribution in [0.4, 0.5) is 4.39 Å². The Morgan fingerprint density at radius 3 is 2.71 bits per heavy atom. The first-order chi connectivity index (χ1) is 8.17. The summed E-state index contributed by atoms with van der Waals surface area (Å²) in [6, 6.07) is 5.21. The minimum absolute atomic E-state index is 0.0984. The van der Waals surface area contributed by atoms with Crippen molar-refractivity contribution < 1.29 is 9.13 Å². The SMILES string of the molecule is CCCCOc1ccc(CC(N)CC)cc1F. The molecule has 0 aliphatic rings. The van der Waals surface area contributed by atoms with E-state index in [0.717, 1.165) is 24.8 Å². The van der Waals surface area contributed by atoms with Crippen molar-refractivity contribution in [3.8, 4) is 5.75 Å². The van der Waals surface area contributed by atoms with Crippen molar-refractivity contribution >= 4 is 0 Å². The molecule has 0 radical (unpaired) electrons. The van der Waals surface area contributed by atoms with Gasteiger partial charge in [0.15, 0.2) is 11.6 Å². The fraction of sp³-hybridized carbons (Fsp3) is 0.571.